The first-order valence-corrected chi connectivity index (χ1v) is 4.71. The van der Waals surface area contributed by atoms with Crippen molar-refractivity contribution in [2.24, 2.45) is 0 Å². The topological polar surface area (TPSA) is 52.6 Å². The van der Waals surface area contributed by atoms with E-state index in [2.05, 4.69) is 22.6 Å². The maximum atomic E-state index is 11.0. The van der Waals surface area contributed by atoms with Crippen LogP contribution < -0.4 is 10.1 Å². The van der Waals surface area contributed by atoms with Crippen molar-refractivity contribution in [3.05, 3.63) is 32.2 Å². The summed E-state index contributed by atoms with van der Waals surface area (Å²) in [5, 5.41) is 23.4. The van der Waals surface area contributed by atoms with Crippen LogP contribution in [-0.2, 0) is 0 Å². The zero-order chi connectivity index (χ0) is 10.0. The van der Waals surface area contributed by atoms with Gasteiger partial charge in [-0.25, -0.2) is 0 Å². The van der Waals surface area contributed by atoms with Gasteiger partial charge in [0.2, 0.25) is 0 Å². The molecule has 0 atom stereocenters. The average molecular weight is 292 g/mol. The number of rotatable bonds is 2. The van der Waals surface area contributed by atoms with E-state index in [1.807, 2.05) is 0 Å². The van der Waals surface area contributed by atoms with Gasteiger partial charge in [-0.2, -0.15) is 0 Å². The molecule has 1 aromatic carbocycles. The van der Waals surface area contributed by atoms with Crippen LogP contribution in [0.3, 0.4) is 0 Å². The number of halogens is 1. The van der Waals surface area contributed by atoms with Crippen LogP contribution in [0.15, 0.2) is 18.2 Å². The van der Waals surface area contributed by atoms with Crippen molar-refractivity contribution in [3.8, 4) is 0 Å². The lowest BCUT2D eigenvalue weighted by Crippen LogP contribution is -2.10. The van der Waals surface area contributed by atoms with E-state index in [0.29, 0.717) is 11.4 Å². The van der Waals surface area contributed by atoms with E-state index in [-0.39, 0.29) is 0 Å². The largest absolute Gasteiger partial charge is 0.758 e. The highest BCUT2D eigenvalue weighted by atomic mass is 127. The van der Waals surface area contributed by atoms with Crippen LogP contribution in [0.25, 0.3) is 0 Å². The standard InChI is InChI=1S/C8H9IN2O2/c1-10(12)7-3-6(9)4-8(5-7)11(2)13/h3-5H,1-2H3/q-2. The van der Waals surface area contributed by atoms with E-state index >= 15 is 0 Å². The molecule has 1 rings (SSSR count). The Morgan fingerprint density at radius 1 is 1.00 bits per heavy atom. The maximum Gasteiger partial charge on any atom is 0.0288 e. The summed E-state index contributed by atoms with van der Waals surface area (Å²) in [5.41, 5.74) is 0.981. The van der Waals surface area contributed by atoms with Crippen LogP contribution in [0, 0.1) is 14.0 Å². The molecule has 72 valence electrons. The highest BCUT2D eigenvalue weighted by molar-refractivity contribution is 14.1. The predicted molar refractivity (Wildman–Crippen MR) is 62.7 cm³/mol. The van der Waals surface area contributed by atoms with Crippen molar-refractivity contribution in [1.82, 2.24) is 0 Å². The molecule has 0 aliphatic heterocycles. The molecule has 0 fully saturated rings. The zero-order valence-corrected chi connectivity index (χ0v) is 9.48. The normalized spacial score (nSPS) is 9.92. The van der Waals surface area contributed by atoms with E-state index in [0.717, 1.165) is 13.7 Å². The quantitative estimate of drug-likeness (QED) is 0.619. The first-order chi connectivity index (χ1) is 6.00. The Labute approximate surface area is 90.4 Å². The molecule has 0 aromatic heterocycles. The van der Waals surface area contributed by atoms with Gasteiger partial charge in [-0.15, -0.1) is 0 Å². The molecular formula is C8H9IN2O2-2. The Morgan fingerprint density at radius 2 is 1.38 bits per heavy atom. The third kappa shape index (κ3) is 2.71. The van der Waals surface area contributed by atoms with E-state index < -0.39 is 0 Å². The molecule has 0 aliphatic carbocycles. The Morgan fingerprint density at radius 3 is 1.69 bits per heavy atom. The fraction of sp³-hybridized carbons (Fsp3) is 0.250. The van der Waals surface area contributed by atoms with Gasteiger partial charge in [-0.1, -0.05) is 0 Å². The van der Waals surface area contributed by atoms with Crippen molar-refractivity contribution in [2.75, 3.05) is 24.2 Å². The number of hydrogen-bond donors (Lipinski definition) is 0. The molecule has 0 radical (unpaired) electrons. The average Bonchev–Trinajstić information content (AvgIpc) is 2.03. The summed E-state index contributed by atoms with van der Waals surface area (Å²) in [4.78, 5) is 0. The number of benzene rings is 1. The van der Waals surface area contributed by atoms with Crippen molar-refractivity contribution in [1.29, 1.82) is 0 Å². The van der Waals surface area contributed by atoms with Gasteiger partial charge in [0, 0.05) is 14.9 Å². The minimum Gasteiger partial charge on any atom is -0.758 e. The number of hydroxylamine groups is 2. The molecule has 0 heterocycles. The van der Waals surface area contributed by atoms with E-state index in [1.165, 1.54) is 14.1 Å². The van der Waals surface area contributed by atoms with Crippen molar-refractivity contribution in [2.45, 2.75) is 0 Å². The minimum atomic E-state index is 0.490. The lowest BCUT2D eigenvalue weighted by Gasteiger charge is -2.30. The molecule has 0 aliphatic rings. The molecule has 0 spiro atoms. The molecule has 13 heavy (non-hydrogen) atoms. The second-order valence-corrected chi connectivity index (χ2v) is 3.91. The fourth-order valence-electron chi connectivity index (χ4n) is 0.923. The van der Waals surface area contributed by atoms with Crippen LogP contribution in [0.4, 0.5) is 11.4 Å². The van der Waals surface area contributed by atoms with E-state index in [1.54, 1.807) is 18.2 Å². The third-order valence-corrected chi connectivity index (χ3v) is 2.22. The van der Waals surface area contributed by atoms with Crippen molar-refractivity contribution < 1.29 is 0 Å². The number of anilines is 2. The zero-order valence-electron chi connectivity index (χ0n) is 7.32. The molecule has 4 nitrogen and oxygen atoms in total. The lowest BCUT2D eigenvalue weighted by molar-refractivity contribution is 1.18. The second kappa shape index (κ2) is 4.12. The molecule has 0 unspecified atom stereocenters. The summed E-state index contributed by atoms with van der Waals surface area (Å²) in [6, 6.07) is 5.00. The predicted octanol–water partition coefficient (Wildman–Crippen LogP) is 2.16. The molecular weight excluding hydrogens is 283 g/mol. The summed E-state index contributed by atoms with van der Waals surface area (Å²) < 4.78 is 0.871. The highest BCUT2D eigenvalue weighted by Gasteiger charge is 1.98. The fourth-order valence-corrected chi connectivity index (χ4v) is 1.56. The lowest BCUT2D eigenvalue weighted by atomic mass is 10.3. The molecule has 1 aromatic rings. The van der Waals surface area contributed by atoms with Crippen molar-refractivity contribution in [3.63, 3.8) is 0 Å². The first kappa shape index (κ1) is 10.6. The van der Waals surface area contributed by atoms with Gasteiger partial charge < -0.3 is 20.5 Å². The van der Waals surface area contributed by atoms with Gasteiger partial charge in [-0.05, 0) is 54.9 Å². The summed E-state index contributed by atoms with van der Waals surface area (Å²) in [7, 11) is 2.81. The van der Waals surface area contributed by atoms with Gasteiger partial charge in [0.25, 0.3) is 0 Å². The first-order valence-electron chi connectivity index (χ1n) is 3.63. The van der Waals surface area contributed by atoms with Gasteiger partial charge in [0.1, 0.15) is 0 Å². The smallest absolute Gasteiger partial charge is 0.0288 e. The van der Waals surface area contributed by atoms with Crippen LogP contribution in [-0.4, -0.2) is 14.1 Å². The minimum absolute atomic E-state index is 0.490. The van der Waals surface area contributed by atoms with Crippen LogP contribution >= 0.6 is 22.6 Å². The molecule has 0 bridgehead atoms. The van der Waals surface area contributed by atoms with Crippen LogP contribution in [0.5, 0.6) is 0 Å². The van der Waals surface area contributed by atoms with Gasteiger partial charge in [-0.3, -0.25) is 0 Å². The van der Waals surface area contributed by atoms with Crippen molar-refractivity contribution >= 4 is 34.0 Å². The van der Waals surface area contributed by atoms with E-state index in [9.17, 15) is 10.4 Å². The summed E-state index contributed by atoms with van der Waals surface area (Å²) >= 11 is 2.07. The maximum absolute atomic E-state index is 11.0. The Balaban J connectivity index is 3.11. The molecule has 0 saturated heterocycles. The monoisotopic (exact) mass is 292 g/mol. The van der Waals surface area contributed by atoms with Crippen LogP contribution in [0.1, 0.15) is 0 Å². The SMILES string of the molecule is CN([O-])c1cc(I)cc(N(C)[O-])c1. The summed E-state index contributed by atoms with van der Waals surface area (Å²) in [6.07, 6.45) is 0. The van der Waals surface area contributed by atoms with Crippen LogP contribution in [0.2, 0.25) is 0 Å². The summed E-state index contributed by atoms with van der Waals surface area (Å²) in [6.45, 7) is 0. The Hall–Kier alpha value is -0.530. The third-order valence-electron chi connectivity index (χ3n) is 1.59. The Bertz CT molecular complexity index is 276. The second-order valence-electron chi connectivity index (χ2n) is 2.66. The molecule has 5 heteroatoms. The molecule has 0 N–H and O–H groups in total. The van der Waals surface area contributed by atoms with Gasteiger partial charge in [0.15, 0.2) is 0 Å². The highest BCUT2D eigenvalue weighted by Crippen LogP contribution is 2.24. The number of hydrogen-bond acceptors (Lipinski definition) is 4. The van der Waals surface area contributed by atoms with Gasteiger partial charge >= 0.3 is 0 Å². The Kier molecular flexibility index (Phi) is 3.34. The van der Waals surface area contributed by atoms with Gasteiger partial charge in [0.05, 0.1) is 0 Å². The molecule has 0 saturated carbocycles. The molecule has 0 amide bonds. The van der Waals surface area contributed by atoms with E-state index in [4.69, 9.17) is 0 Å². The summed E-state index contributed by atoms with van der Waals surface area (Å²) in [5.74, 6) is 0. The number of nitrogens with zero attached hydrogens (tertiary/aromatic N) is 2.